The maximum atomic E-state index is 12.2. The monoisotopic (exact) mass is 227 g/mol. The predicted octanol–water partition coefficient (Wildman–Crippen LogP) is 1.80. The normalized spacial score (nSPS) is 22.6. The van der Waals surface area contributed by atoms with Crippen molar-refractivity contribution in [3.8, 4) is 0 Å². The molecule has 3 rings (SSSR count). The minimum absolute atomic E-state index is 0.0489. The Morgan fingerprint density at radius 2 is 2.00 bits per heavy atom. The third-order valence-electron chi connectivity index (χ3n) is 3.44. The van der Waals surface area contributed by atoms with Gasteiger partial charge in [-0.05, 0) is 6.42 Å². The van der Waals surface area contributed by atoms with Crippen molar-refractivity contribution >= 4 is 11.7 Å². The molecule has 3 heteroatoms. The molecule has 0 spiro atoms. The van der Waals surface area contributed by atoms with Crippen LogP contribution in [0.15, 0.2) is 42.0 Å². The maximum Gasteiger partial charge on any atom is 0.223 e. The molecular weight excluding hydrogens is 214 g/mol. The topological polar surface area (TPSA) is 37.4 Å². The summed E-state index contributed by atoms with van der Waals surface area (Å²) in [6, 6.07) is 9.39. The van der Waals surface area contributed by atoms with Gasteiger partial charge in [-0.15, -0.1) is 0 Å². The molecule has 0 radical (unpaired) electrons. The number of benzene rings is 1. The number of hydrogen-bond donors (Lipinski definition) is 0. The Balaban J connectivity index is 1.84. The van der Waals surface area contributed by atoms with Crippen LogP contribution in [0.4, 0.5) is 0 Å². The van der Waals surface area contributed by atoms with Gasteiger partial charge in [-0.3, -0.25) is 9.59 Å². The van der Waals surface area contributed by atoms with Crippen molar-refractivity contribution < 1.29 is 9.59 Å². The van der Waals surface area contributed by atoms with E-state index < -0.39 is 0 Å². The number of rotatable bonds is 2. The zero-order chi connectivity index (χ0) is 11.8. The van der Waals surface area contributed by atoms with Crippen LogP contribution in [-0.2, 0) is 4.79 Å². The summed E-state index contributed by atoms with van der Waals surface area (Å²) in [4.78, 5) is 25.5. The smallest absolute Gasteiger partial charge is 0.223 e. The zero-order valence-electron chi connectivity index (χ0n) is 9.43. The van der Waals surface area contributed by atoms with Crippen LogP contribution in [0, 0.1) is 0 Å². The van der Waals surface area contributed by atoms with E-state index in [4.69, 9.17) is 0 Å². The molecule has 1 saturated heterocycles. The molecule has 2 heterocycles. The number of fused-ring (bicyclic) bond motifs is 1. The van der Waals surface area contributed by atoms with Crippen molar-refractivity contribution in [3.05, 3.63) is 47.5 Å². The van der Waals surface area contributed by atoms with Crippen LogP contribution in [0.1, 0.15) is 23.2 Å². The van der Waals surface area contributed by atoms with Crippen molar-refractivity contribution in [3.63, 3.8) is 0 Å². The second kappa shape index (κ2) is 3.84. The Labute approximate surface area is 99.7 Å². The van der Waals surface area contributed by atoms with Gasteiger partial charge in [0, 0.05) is 24.1 Å². The van der Waals surface area contributed by atoms with E-state index in [-0.39, 0.29) is 17.7 Å². The average molecular weight is 227 g/mol. The first-order valence-electron chi connectivity index (χ1n) is 5.85. The number of hydrogen-bond acceptors (Lipinski definition) is 2. The molecule has 0 bridgehead atoms. The first-order valence-corrected chi connectivity index (χ1v) is 5.85. The fourth-order valence-electron chi connectivity index (χ4n) is 2.53. The molecule has 0 aromatic heterocycles. The summed E-state index contributed by atoms with van der Waals surface area (Å²) in [5, 5.41) is 0. The van der Waals surface area contributed by atoms with Gasteiger partial charge in [0.15, 0.2) is 5.78 Å². The van der Waals surface area contributed by atoms with Crippen LogP contribution in [0.3, 0.4) is 0 Å². The van der Waals surface area contributed by atoms with E-state index >= 15 is 0 Å². The fraction of sp³-hybridized carbons (Fsp3) is 0.286. The molecule has 1 amide bonds. The molecule has 1 atom stereocenters. The van der Waals surface area contributed by atoms with Crippen molar-refractivity contribution in [1.82, 2.24) is 4.90 Å². The molecule has 1 aromatic carbocycles. The van der Waals surface area contributed by atoms with Crippen LogP contribution in [-0.4, -0.2) is 29.2 Å². The minimum Gasteiger partial charge on any atom is -0.332 e. The molecule has 0 aliphatic carbocycles. The molecule has 2 aliphatic heterocycles. The lowest BCUT2D eigenvalue weighted by Gasteiger charge is -2.14. The largest absolute Gasteiger partial charge is 0.332 e. The number of carbonyl (C=O) groups is 2. The lowest BCUT2D eigenvalue weighted by molar-refractivity contribution is -0.127. The summed E-state index contributed by atoms with van der Waals surface area (Å²) in [5.74, 6) is 0.218. The van der Waals surface area contributed by atoms with Crippen LogP contribution >= 0.6 is 0 Å². The second-order valence-corrected chi connectivity index (χ2v) is 4.51. The summed E-state index contributed by atoms with van der Waals surface area (Å²) in [6.45, 7) is 0.483. The molecule has 17 heavy (non-hydrogen) atoms. The van der Waals surface area contributed by atoms with E-state index in [9.17, 15) is 9.59 Å². The highest BCUT2D eigenvalue weighted by Crippen LogP contribution is 2.28. The number of nitrogens with zero attached hydrogens (tertiary/aromatic N) is 1. The molecule has 0 N–H and O–H groups in total. The minimum atomic E-state index is 0.0489. The van der Waals surface area contributed by atoms with Crippen molar-refractivity contribution in [1.29, 1.82) is 0 Å². The van der Waals surface area contributed by atoms with E-state index in [1.807, 2.05) is 36.4 Å². The standard InChI is InChI=1S/C14H13NO2/c16-13-7-6-12-8-11(9-15(12)13)14(17)10-4-2-1-3-5-10/h1-5,8,12H,6-7,9H2/t12-/m0/s1. The summed E-state index contributed by atoms with van der Waals surface area (Å²) in [7, 11) is 0. The van der Waals surface area contributed by atoms with Crippen LogP contribution < -0.4 is 0 Å². The SMILES string of the molecule is O=C(C1=C[C@@H]2CCC(=O)N2C1)c1ccccc1. The molecule has 3 nitrogen and oxygen atoms in total. The van der Waals surface area contributed by atoms with E-state index in [0.29, 0.717) is 18.5 Å². The lowest BCUT2D eigenvalue weighted by Crippen LogP contribution is -2.28. The van der Waals surface area contributed by atoms with Crippen molar-refractivity contribution in [2.75, 3.05) is 6.54 Å². The first kappa shape index (κ1) is 10.3. The summed E-state index contributed by atoms with van der Waals surface area (Å²) < 4.78 is 0. The fourth-order valence-corrected chi connectivity index (χ4v) is 2.53. The van der Waals surface area contributed by atoms with Gasteiger partial charge in [0.2, 0.25) is 5.91 Å². The van der Waals surface area contributed by atoms with E-state index in [1.165, 1.54) is 0 Å². The van der Waals surface area contributed by atoms with Crippen LogP contribution in [0.25, 0.3) is 0 Å². The lowest BCUT2D eigenvalue weighted by atomic mass is 10.0. The maximum absolute atomic E-state index is 12.2. The predicted molar refractivity (Wildman–Crippen MR) is 63.6 cm³/mol. The molecule has 86 valence electrons. The van der Waals surface area contributed by atoms with Gasteiger partial charge in [-0.25, -0.2) is 0 Å². The average Bonchev–Trinajstić information content (AvgIpc) is 2.92. The zero-order valence-corrected chi connectivity index (χ0v) is 9.43. The number of ketones is 1. The van der Waals surface area contributed by atoms with Gasteiger partial charge >= 0.3 is 0 Å². The second-order valence-electron chi connectivity index (χ2n) is 4.51. The summed E-state index contributed by atoms with van der Waals surface area (Å²) >= 11 is 0. The third-order valence-corrected chi connectivity index (χ3v) is 3.44. The highest BCUT2D eigenvalue weighted by Gasteiger charge is 2.36. The van der Waals surface area contributed by atoms with E-state index in [2.05, 4.69) is 0 Å². The Hall–Kier alpha value is -1.90. The Morgan fingerprint density at radius 1 is 1.24 bits per heavy atom. The third kappa shape index (κ3) is 1.68. The molecule has 1 fully saturated rings. The quantitative estimate of drug-likeness (QED) is 0.722. The molecule has 2 aliphatic rings. The molecular formula is C14H13NO2. The highest BCUT2D eigenvalue weighted by atomic mass is 16.2. The van der Waals surface area contributed by atoms with Gasteiger partial charge in [0.05, 0.1) is 6.04 Å². The highest BCUT2D eigenvalue weighted by molar-refractivity contribution is 6.09. The van der Waals surface area contributed by atoms with Crippen LogP contribution in [0.2, 0.25) is 0 Å². The van der Waals surface area contributed by atoms with Gasteiger partial charge < -0.3 is 4.90 Å². The summed E-state index contributed by atoms with van der Waals surface area (Å²) in [6.07, 6.45) is 3.43. The van der Waals surface area contributed by atoms with Gasteiger partial charge in [-0.2, -0.15) is 0 Å². The van der Waals surface area contributed by atoms with Gasteiger partial charge in [-0.1, -0.05) is 36.4 Å². The van der Waals surface area contributed by atoms with Crippen molar-refractivity contribution in [2.24, 2.45) is 0 Å². The van der Waals surface area contributed by atoms with E-state index in [1.54, 1.807) is 4.90 Å². The van der Waals surface area contributed by atoms with Gasteiger partial charge in [0.25, 0.3) is 0 Å². The number of Topliss-reactive ketones (excluding diaryl/α,β-unsaturated/α-hetero) is 1. The summed E-state index contributed by atoms with van der Waals surface area (Å²) in [5.41, 5.74) is 1.46. The van der Waals surface area contributed by atoms with Crippen LogP contribution in [0.5, 0.6) is 0 Å². The van der Waals surface area contributed by atoms with Gasteiger partial charge in [0.1, 0.15) is 0 Å². The molecule has 0 unspecified atom stereocenters. The Bertz CT molecular complexity index is 504. The Kier molecular flexibility index (Phi) is 2.32. The molecule has 1 aromatic rings. The first-order chi connectivity index (χ1) is 8.25. The van der Waals surface area contributed by atoms with Crippen molar-refractivity contribution in [2.45, 2.75) is 18.9 Å². The molecule has 0 saturated carbocycles. The number of carbonyl (C=O) groups excluding carboxylic acids is 2. The Morgan fingerprint density at radius 3 is 2.71 bits per heavy atom. The van der Waals surface area contributed by atoms with E-state index in [0.717, 1.165) is 12.0 Å². The number of amides is 1.